The van der Waals surface area contributed by atoms with Gasteiger partial charge in [0.1, 0.15) is 0 Å². The summed E-state index contributed by atoms with van der Waals surface area (Å²) in [6.45, 7) is 0. The first-order valence-electron chi connectivity index (χ1n) is 17.8. The normalized spacial score (nSPS) is 11.1. The molecule has 0 radical (unpaired) electrons. The minimum absolute atomic E-state index is 1.11. The van der Waals surface area contributed by atoms with Crippen LogP contribution in [-0.4, -0.2) is 0 Å². The number of hydrogen-bond donors (Lipinski definition) is 0. The molecule has 9 aromatic carbocycles. The second kappa shape index (κ2) is 13.8. The average Bonchev–Trinajstić information content (AvgIpc) is 3.23. The largest absolute Gasteiger partial charge is 0.311 e. The summed E-state index contributed by atoms with van der Waals surface area (Å²) in [7, 11) is 0. The first-order valence-corrected chi connectivity index (χ1v) is 17.8. The van der Waals surface area contributed by atoms with E-state index in [1.165, 1.54) is 43.8 Å². The zero-order valence-electron chi connectivity index (χ0n) is 28.7. The van der Waals surface area contributed by atoms with E-state index in [2.05, 4.69) is 228 Å². The lowest BCUT2D eigenvalue weighted by Crippen LogP contribution is -2.10. The van der Waals surface area contributed by atoms with Crippen LogP contribution in [0.15, 0.2) is 218 Å². The van der Waals surface area contributed by atoms with E-state index in [-0.39, 0.29) is 0 Å². The third kappa shape index (κ3) is 5.97. The topological polar surface area (TPSA) is 6.48 Å². The summed E-state index contributed by atoms with van der Waals surface area (Å²) in [5.41, 5.74) is 11.5. The molecule has 9 rings (SSSR count). The summed E-state index contributed by atoms with van der Waals surface area (Å²) >= 11 is 0. The lowest BCUT2D eigenvalue weighted by molar-refractivity contribution is 1.28. The second-order valence-electron chi connectivity index (χ2n) is 13.0. The molecule has 0 aromatic heterocycles. The zero-order chi connectivity index (χ0) is 34.7. The molecule has 0 saturated carbocycles. The maximum absolute atomic E-state index is 2.38. The minimum Gasteiger partial charge on any atom is -0.311 e. The molecular weight excluding hydrogens is 629 g/mol. The predicted molar refractivity (Wildman–Crippen MR) is 222 cm³/mol. The molecule has 0 spiro atoms. The Kier molecular flexibility index (Phi) is 8.24. The molecule has 0 aliphatic heterocycles. The highest BCUT2D eigenvalue weighted by molar-refractivity contribution is 6.14. The number of hydrogen-bond acceptors (Lipinski definition) is 2. The Labute approximate surface area is 305 Å². The Morgan fingerprint density at radius 2 is 0.577 bits per heavy atom. The smallest absolute Gasteiger partial charge is 0.0546 e. The van der Waals surface area contributed by atoms with Gasteiger partial charge >= 0.3 is 0 Å². The fraction of sp³-hybridized carbons (Fsp3) is 0. The van der Waals surface area contributed by atoms with E-state index in [1.807, 2.05) is 0 Å². The van der Waals surface area contributed by atoms with Gasteiger partial charge in [-0.3, -0.25) is 0 Å². The van der Waals surface area contributed by atoms with Crippen LogP contribution >= 0.6 is 0 Å². The Morgan fingerprint density at radius 3 is 1.10 bits per heavy atom. The van der Waals surface area contributed by atoms with E-state index >= 15 is 0 Å². The SMILES string of the molecule is c1ccc(-c2ccc(N(c3ccccc3)c3ccc(-c4ccc(N(c5ccccc5)c5cc6ccccc6c6ccccc56)cc4)cc3)cc2)cc1. The highest BCUT2D eigenvalue weighted by Crippen LogP contribution is 2.43. The van der Waals surface area contributed by atoms with Crippen molar-refractivity contribution >= 4 is 55.7 Å². The van der Waals surface area contributed by atoms with Crippen molar-refractivity contribution in [3.63, 3.8) is 0 Å². The molecule has 0 fully saturated rings. The van der Waals surface area contributed by atoms with Crippen LogP contribution in [0.3, 0.4) is 0 Å². The van der Waals surface area contributed by atoms with Crippen LogP contribution in [0, 0.1) is 0 Å². The predicted octanol–water partition coefficient (Wildman–Crippen LogP) is 14.3. The van der Waals surface area contributed by atoms with Crippen molar-refractivity contribution < 1.29 is 0 Å². The lowest BCUT2D eigenvalue weighted by Gasteiger charge is -2.28. The van der Waals surface area contributed by atoms with Crippen LogP contribution in [0.4, 0.5) is 34.1 Å². The first-order chi connectivity index (χ1) is 25.8. The number of benzene rings is 9. The van der Waals surface area contributed by atoms with Crippen LogP contribution in [0.5, 0.6) is 0 Å². The standard InChI is InChI=1S/C50H36N2/c1-4-14-37(15-5-1)38-24-30-44(31-25-38)51(42-17-6-2-7-18-42)45-32-26-39(27-33-45)40-28-34-46(35-29-40)52(43-19-8-3-9-20-43)50-36-41-16-10-11-21-47(41)48-22-12-13-23-49(48)50/h1-36H. The molecule has 2 nitrogen and oxygen atoms in total. The van der Waals surface area contributed by atoms with E-state index in [9.17, 15) is 0 Å². The van der Waals surface area contributed by atoms with Crippen LogP contribution in [0.2, 0.25) is 0 Å². The molecule has 2 heteroatoms. The van der Waals surface area contributed by atoms with Crippen molar-refractivity contribution in [2.24, 2.45) is 0 Å². The Hall–Kier alpha value is -6.90. The fourth-order valence-corrected chi connectivity index (χ4v) is 7.29. The number of anilines is 6. The van der Waals surface area contributed by atoms with Gasteiger partial charge in [0.25, 0.3) is 0 Å². The average molecular weight is 665 g/mol. The highest BCUT2D eigenvalue weighted by atomic mass is 15.1. The fourth-order valence-electron chi connectivity index (χ4n) is 7.29. The van der Waals surface area contributed by atoms with Gasteiger partial charge in [-0.15, -0.1) is 0 Å². The zero-order valence-corrected chi connectivity index (χ0v) is 28.7. The van der Waals surface area contributed by atoms with Crippen LogP contribution in [0.25, 0.3) is 43.8 Å². The Morgan fingerprint density at radius 1 is 0.231 bits per heavy atom. The molecule has 0 bridgehead atoms. The molecule has 0 N–H and O–H groups in total. The first kappa shape index (κ1) is 31.1. The minimum atomic E-state index is 1.11. The number of para-hydroxylation sites is 2. The van der Waals surface area contributed by atoms with Gasteiger partial charge in [-0.2, -0.15) is 0 Å². The van der Waals surface area contributed by atoms with Gasteiger partial charge in [-0.05, 0) is 105 Å². The van der Waals surface area contributed by atoms with Gasteiger partial charge in [-0.1, -0.05) is 152 Å². The maximum atomic E-state index is 2.38. The molecule has 0 atom stereocenters. The van der Waals surface area contributed by atoms with Crippen molar-refractivity contribution in [2.45, 2.75) is 0 Å². The molecule has 0 unspecified atom stereocenters. The van der Waals surface area contributed by atoms with Gasteiger partial charge in [0.2, 0.25) is 0 Å². The molecule has 246 valence electrons. The van der Waals surface area contributed by atoms with Crippen molar-refractivity contribution in [2.75, 3.05) is 9.80 Å². The third-order valence-corrected chi connectivity index (χ3v) is 9.83. The van der Waals surface area contributed by atoms with Gasteiger partial charge in [0.15, 0.2) is 0 Å². The summed E-state index contributed by atoms with van der Waals surface area (Å²) in [6, 6.07) is 78.2. The number of fused-ring (bicyclic) bond motifs is 3. The second-order valence-corrected chi connectivity index (χ2v) is 13.0. The van der Waals surface area contributed by atoms with Crippen molar-refractivity contribution in [1.82, 2.24) is 0 Å². The summed E-state index contributed by atoms with van der Waals surface area (Å²) < 4.78 is 0. The molecule has 52 heavy (non-hydrogen) atoms. The van der Waals surface area contributed by atoms with E-state index in [0.29, 0.717) is 0 Å². The third-order valence-electron chi connectivity index (χ3n) is 9.83. The number of rotatable bonds is 8. The monoisotopic (exact) mass is 664 g/mol. The molecule has 9 aromatic rings. The lowest BCUT2D eigenvalue weighted by atomic mass is 9.98. The van der Waals surface area contributed by atoms with E-state index in [1.54, 1.807) is 0 Å². The number of nitrogens with zero attached hydrogens (tertiary/aromatic N) is 2. The molecule has 0 aliphatic carbocycles. The highest BCUT2D eigenvalue weighted by Gasteiger charge is 2.18. The van der Waals surface area contributed by atoms with Gasteiger partial charge in [-0.25, -0.2) is 0 Å². The van der Waals surface area contributed by atoms with Crippen molar-refractivity contribution in [3.05, 3.63) is 218 Å². The van der Waals surface area contributed by atoms with Crippen LogP contribution < -0.4 is 9.80 Å². The van der Waals surface area contributed by atoms with Gasteiger partial charge in [0.05, 0.1) is 5.69 Å². The quantitative estimate of drug-likeness (QED) is 0.149. The van der Waals surface area contributed by atoms with E-state index < -0.39 is 0 Å². The Bertz CT molecular complexity index is 2580. The summed E-state index contributed by atoms with van der Waals surface area (Å²) in [5.74, 6) is 0. The molecule has 0 amide bonds. The van der Waals surface area contributed by atoms with E-state index in [4.69, 9.17) is 0 Å². The van der Waals surface area contributed by atoms with E-state index in [0.717, 1.165) is 34.1 Å². The Balaban J connectivity index is 1.06. The molecule has 0 aliphatic rings. The summed E-state index contributed by atoms with van der Waals surface area (Å²) in [6.07, 6.45) is 0. The van der Waals surface area contributed by atoms with Gasteiger partial charge in [0, 0.05) is 33.8 Å². The molecule has 0 heterocycles. The maximum Gasteiger partial charge on any atom is 0.0546 e. The van der Waals surface area contributed by atoms with Crippen molar-refractivity contribution in [1.29, 1.82) is 0 Å². The van der Waals surface area contributed by atoms with Crippen LogP contribution in [-0.2, 0) is 0 Å². The summed E-state index contributed by atoms with van der Waals surface area (Å²) in [4.78, 5) is 4.69. The molecular formula is C50H36N2. The summed E-state index contributed by atoms with van der Waals surface area (Å²) in [5, 5.41) is 4.97. The van der Waals surface area contributed by atoms with Gasteiger partial charge < -0.3 is 9.80 Å². The van der Waals surface area contributed by atoms with Crippen LogP contribution in [0.1, 0.15) is 0 Å². The molecule has 0 saturated heterocycles. The van der Waals surface area contributed by atoms with Crippen molar-refractivity contribution in [3.8, 4) is 22.3 Å².